The maximum atomic E-state index is 11.9. The summed E-state index contributed by atoms with van der Waals surface area (Å²) in [6.07, 6.45) is 0. The molecule has 4 aromatic rings. The predicted octanol–water partition coefficient (Wildman–Crippen LogP) is 4.45. The molecule has 0 amide bonds. The maximum absolute atomic E-state index is 11.9. The van der Waals surface area contributed by atoms with Gasteiger partial charge in [-0.1, -0.05) is 11.6 Å². The Hall–Kier alpha value is -3.25. The largest absolute Gasteiger partial charge is 0.497 e. The number of hydrogen-bond acceptors (Lipinski definition) is 6. The molecular weight excluding hydrogens is 384 g/mol. The molecule has 0 spiro atoms. The van der Waals surface area contributed by atoms with Crippen LogP contribution in [0.3, 0.4) is 0 Å². The molecular formula is C21H15ClO6. The van der Waals surface area contributed by atoms with Gasteiger partial charge in [0.2, 0.25) is 0 Å². The van der Waals surface area contributed by atoms with Gasteiger partial charge >= 0.3 is 11.3 Å². The molecule has 2 aromatic heterocycles. The van der Waals surface area contributed by atoms with Gasteiger partial charge in [0.25, 0.3) is 0 Å². The van der Waals surface area contributed by atoms with Crippen LogP contribution < -0.4 is 20.7 Å². The third-order valence-corrected chi connectivity index (χ3v) is 4.72. The van der Waals surface area contributed by atoms with E-state index in [2.05, 4.69) is 0 Å². The Morgan fingerprint density at radius 3 is 2.39 bits per heavy atom. The first kappa shape index (κ1) is 18.1. The SMILES string of the molecule is COc1ccc2c(COc3cc4oc(=O)cc(C)c4cc3Cl)cc(=O)oc2c1. The standard InChI is InChI=1S/C21H15ClO6/c1-11-5-20(23)28-18-9-19(16(22)8-15(11)18)26-10-12-6-21(24)27-17-7-13(25-2)3-4-14(12)17/h3-9H,10H2,1-2H3. The molecule has 0 aliphatic carbocycles. The van der Waals surface area contributed by atoms with Gasteiger partial charge in [-0.3, -0.25) is 0 Å². The van der Waals surface area contributed by atoms with E-state index in [-0.39, 0.29) is 6.61 Å². The van der Waals surface area contributed by atoms with Crippen LogP contribution in [0.15, 0.2) is 60.9 Å². The number of benzene rings is 2. The molecule has 0 aliphatic heterocycles. The molecule has 0 aliphatic rings. The van der Waals surface area contributed by atoms with Gasteiger partial charge < -0.3 is 18.3 Å². The van der Waals surface area contributed by atoms with E-state index >= 15 is 0 Å². The summed E-state index contributed by atoms with van der Waals surface area (Å²) in [5.74, 6) is 0.925. The molecule has 4 rings (SSSR count). The Labute approximate surface area is 163 Å². The van der Waals surface area contributed by atoms with Gasteiger partial charge in [-0.15, -0.1) is 0 Å². The minimum absolute atomic E-state index is 0.0791. The van der Waals surface area contributed by atoms with Crippen LogP contribution in [0.25, 0.3) is 21.9 Å². The molecule has 2 heterocycles. The highest BCUT2D eigenvalue weighted by atomic mass is 35.5. The first-order valence-corrected chi connectivity index (χ1v) is 8.80. The molecule has 0 fully saturated rings. The number of halogens is 1. The summed E-state index contributed by atoms with van der Waals surface area (Å²) in [5, 5.41) is 1.83. The second kappa shape index (κ2) is 7.05. The van der Waals surface area contributed by atoms with Crippen molar-refractivity contribution in [2.75, 3.05) is 7.11 Å². The lowest BCUT2D eigenvalue weighted by Crippen LogP contribution is -2.04. The van der Waals surface area contributed by atoms with E-state index < -0.39 is 11.3 Å². The fraction of sp³-hybridized carbons (Fsp3) is 0.143. The highest BCUT2D eigenvalue weighted by Crippen LogP contribution is 2.32. The van der Waals surface area contributed by atoms with Crippen LogP contribution >= 0.6 is 11.6 Å². The summed E-state index contributed by atoms with van der Waals surface area (Å²) in [5.41, 5.74) is 1.24. The Bertz CT molecular complexity index is 1320. The van der Waals surface area contributed by atoms with Crippen LogP contribution in [-0.2, 0) is 6.61 Å². The predicted molar refractivity (Wildman–Crippen MR) is 106 cm³/mol. The summed E-state index contributed by atoms with van der Waals surface area (Å²) < 4.78 is 21.5. The zero-order valence-corrected chi connectivity index (χ0v) is 15.8. The molecule has 0 unspecified atom stereocenters. The van der Waals surface area contributed by atoms with Crippen LogP contribution in [0.2, 0.25) is 5.02 Å². The first-order chi connectivity index (χ1) is 13.4. The van der Waals surface area contributed by atoms with Crippen molar-refractivity contribution < 1.29 is 18.3 Å². The van der Waals surface area contributed by atoms with Crippen molar-refractivity contribution in [3.8, 4) is 11.5 Å². The van der Waals surface area contributed by atoms with E-state index in [0.717, 1.165) is 16.3 Å². The van der Waals surface area contributed by atoms with Crippen molar-refractivity contribution in [1.82, 2.24) is 0 Å². The molecule has 0 saturated carbocycles. The van der Waals surface area contributed by atoms with Crippen molar-refractivity contribution >= 4 is 33.5 Å². The smallest absolute Gasteiger partial charge is 0.336 e. The maximum Gasteiger partial charge on any atom is 0.336 e. The number of ether oxygens (including phenoxy) is 2. The van der Waals surface area contributed by atoms with E-state index in [1.807, 2.05) is 0 Å². The average Bonchev–Trinajstić information content (AvgIpc) is 2.66. The van der Waals surface area contributed by atoms with E-state index in [1.54, 1.807) is 37.3 Å². The molecule has 2 aromatic carbocycles. The van der Waals surface area contributed by atoms with E-state index in [1.165, 1.54) is 19.2 Å². The third kappa shape index (κ3) is 3.34. The summed E-state index contributed by atoms with van der Waals surface area (Å²) in [4.78, 5) is 23.5. The van der Waals surface area contributed by atoms with Crippen molar-refractivity contribution in [1.29, 1.82) is 0 Å². The topological polar surface area (TPSA) is 78.9 Å². The van der Waals surface area contributed by atoms with Crippen molar-refractivity contribution in [3.63, 3.8) is 0 Å². The van der Waals surface area contributed by atoms with Crippen molar-refractivity contribution in [3.05, 3.63) is 79.5 Å². The summed E-state index contributed by atoms with van der Waals surface area (Å²) in [6, 6.07) is 11.2. The summed E-state index contributed by atoms with van der Waals surface area (Å²) >= 11 is 6.33. The zero-order chi connectivity index (χ0) is 19.8. The Balaban J connectivity index is 1.72. The van der Waals surface area contributed by atoms with Gasteiger partial charge in [0.05, 0.1) is 12.1 Å². The third-order valence-electron chi connectivity index (χ3n) is 4.42. The lowest BCUT2D eigenvalue weighted by Gasteiger charge is -2.11. The molecule has 0 atom stereocenters. The molecule has 0 radical (unpaired) electrons. The second-order valence-corrected chi connectivity index (χ2v) is 6.68. The van der Waals surface area contributed by atoms with E-state index in [9.17, 15) is 9.59 Å². The molecule has 142 valence electrons. The summed E-state index contributed by atoms with van der Waals surface area (Å²) in [6.45, 7) is 1.88. The number of aryl methyl sites for hydroxylation is 1. The van der Waals surface area contributed by atoms with Crippen LogP contribution in [0.1, 0.15) is 11.1 Å². The van der Waals surface area contributed by atoms with Crippen molar-refractivity contribution in [2.24, 2.45) is 0 Å². The normalized spacial score (nSPS) is 11.1. The Morgan fingerprint density at radius 1 is 0.929 bits per heavy atom. The van der Waals surface area contributed by atoms with Gasteiger partial charge in [0.1, 0.15) is 29.3 Å². The molecule has 0 saturated heterocycles. The van der Waals surface area contributed by atoms with Crippen LogP contribution in [0, 0.1) is 6.92 Å². The fourth-order valence-electron chi connectivity index (χ4n) is 3.04. The number of rotatable bonds is 4. The minimum Gasteiger partial charge on any atom is -0.497 e. The first-order valence-electron chi connectivity index (χ1n) is 8.42. The van der Waals surface area contributed by atoms with Gasteiger partial charge in [0, 0.05) is 40.6 Å². The molecule has 28 heavy (non-hydrogen) atoms. The Morgan fingerprint density at radius 2 is 1.64 bits per heavy atom. The lowest BCUT2D eigenvalue weighted by molar-refractivity contribution is 0.306. The highest BCUT2D eigenvalue weighted by molar-refractivity contribution is 6.32. The van der Waals surface area contributed by atoms with Crippen molar-refractivity contribution in [2.45, 2.75) is 13.5 Å². The lowest BCUT2D eigenvalue weighted by atomic mass is 10.1. The average molecular weight is 399 g/mol. The molecule has 0 bridgehead atoms. The zero-order valence-electron chi connectivity index (χ0n) is 15.1. The van der Waals surface area contributed by atoms with Crippen LogP contribution in [-0.4, -0.2) is 7.11 Å². The van der Waals surface area contributed by atoms with Crippen LogP contribution in [0.4, 0.5) is 0 Å². The van der Waals surface area contributed by atoms with E-state index in [4.69, 9.17) is 29.9 Å². The van der Waals surface area contributed by atoms with Gasteiger partial charge in [-0.25, -0.2) is 9.59 Å². The highest BCUT2D eigenvalue weighted by Gasteiger charge is 2.12. The monoisotopic (exact) mass is 398 g/mol. The summed E-state index contributed by atoms with van der Waals surface area (Å²) in [7, 11) is 1.54. The Kier molecular flexibility index (Phi) is 4.57. The minimum atomic E-state index is -0.495. The van der Waals surface area contributed by atoms with Gasteiger partial charge in [-0.05, 0) is 30.7 Å². The molecule has 7 heteroatoms. The fourth-order valence-corrected chi connectivity index (χ4v) is 3.26. The molecule has 0 N–H and O–H groups in total. The quantitative estimate of drug-likeness (QED) is 0.472. The second-order valence-electron chi connectivity index (χ2n) is 6.27. The molecule has 6 nitrogen and oxygen atoms in total. The van der Waals surface area contributed by atoms with Crippen LogP contribution in [0.5, 0.6) is 11.5 Å². The number of methoxy groups -OCH3 is 1. The van der Waals surface area contributed by atoms with E-state index in [0.29, 0.717) is 33.3 Å². The van der Waals surface area contributed by atoms with Gasteiger partial charge in [-0.2, -0.15) is 0 Å². The number of fused-ring (bicyclic) bond motifs is 2. The van der Waals surface area contributed by atoms with Gasteiger partial charge in [0.15, 0.2) is 0 Å². The number of hydrogen-bond donors (Lipinski definition) is 0.